The van der Waals surface area contributed by atoms with E-state index in [2.05, 4.69) is 13.8 Å². The van der Waals surface area contributed by atoms with Crippen molar-refractivity contribution in [1.82, 2.24) is 4.90 Å². The van der Waals surface area contributed by atoms with E-state index in [0.29, 0.717) is 12.3 Å². The second kappa shape index (κ2) is 8.95. The van der Waals surface area contributed by atoms with Crippen molar-refractivity contribution in [2.45, 2.75) is 59.1 Å². The number of methoxy groups -OCH3 is 1. The molecule has 0 spiro atoms. The largest absolute Gasteiger partial charge is 0.379 e. The molecule has 0 aromatic rings. The Hall–Kier alpha value is -1.10. The molecule has 0 aliphatic rings. The molecule has 20 heavy (non-hydrogen) atoms. The van der Waals surface area contributed by atoms with Crippen molar-refractivity contribution < 1.29 is 14.3 Å². The fourth-order valence-electron chi connectivity index (χ4n) is 2.44. The van der Waals surface area contributed by atoms with Crippen molar-refractivity contribution >= 4 is 11.8 Å². The Bertz CT molecular complexity index is 318. The average molecular weight is 286 g/mol. The molecule has 0 radical (unpaired) electrons. The minimum absolute atomic E-state index is 0.0804. The number of nitrogens with two attached hydrogens (primary N) is 1. The van der Waals surface area contributed by atoms with Gasteiger partial charge < -0.3 is 15.4 Å². The van der Waals surface area contributed by atoms with Gasteiger partial charge in [-0.25, -0.2) is 0 Å². The summed E-state index contributed by atoms with van der Waals surface area (Å²) >= 11 is 0. The molecule has 0 bridgehead atoms. The summed E-state index contributed by atoms with van der Waals surface area (Å²) in [6.45, 7) is 8.16. The van der Waals surface area contributed by atoms with Crippen LogP contribution in [0.2, 0.25) is 0 Å². The van der Waals surface area contributed by atoms with E-state index in [1.165, 1.54) is 0 Å². The number of hydrogen-bond donors (Lipinski definition) is 1. The predicted molar refractivity (Wildman–Crippen MR) is 80.1 cm³/mol. The van der Waals surface area contributed by atoms with Crippen molar-refractivity contribution in [1.29, 1.82) is 0 Å². The summed E-state index contributed by atoms with van der Waals surface area (Å²) in [5, 5.41) is 0. The van der Waals surface area contributed by atoms with E-state index in [4.69, 9.17) is 10.5 Å². The second-order valence-electron chi connectivity index (χ2n) is 5.92. The van der Waals surface area contributed by atoms with Crippen molar-refractivity contribution in [2.75, 3.05) is 14.2 Å². The third-order valence-corrected chi connectivity index (χ3v) is 3.74. The Morgan fingerprint density at radius 1 is 1.20 bits per heavy atom. The Morgan fingerprint density at radius 2 is 1.75 bits per heavy atom. The van der Waals surface area contributed by atoms with Crippen LogP contribution in [0.4, 0.5) is 0 Å². The van der Waals surface area contributed by atoms with Gasteiger partial charge in [-0.05, 0) is 11.8 Å². The van der Waals surface area contributed by atoms with Crippen LogP contribution >= 0.6 is 0 Å². The lowest BCUT2D eigenvalue weighted by molar-refractivity contribution is -0.139. The van der Waals surface area contributed by atoms with Crippen LogP contribution in [0.5, 0.6) is 0 Å². The number of hydrogen-bond acceptors (Lipinski definition) is 3. The van der Waals surface area contributed by atoms with E-state index in [1.807, 2.05) is 13.8 Å². The first-order valence-electron chi connectivity index (χ1n) is 7.31. The molecule has 2 unspecified atom stereocenters. The fourth-order valence-corrected chi connectivity index (χ4v) is 2.44. The monoisotopic (exact) mass is 286 g/mol. The molecular formula is C15H30N2O3. The zero-order valence-electron chi connectivity index (χ0n) is 13.7. The number of ether oxygens (including phenoxy) is 1. The Labute approximate surface area is 122 Å². The molecule has 5 nitrogen and oxygen atoms in total. The minimum Gasteiger partial charge on any atom is -0.379 e. The van der Waals surface area contributed by atoms with Crippen LogP contribution < -0.4 is 5.73 Å². The van der Waals surface area contributed by atoms with Gasteiger partial charge in [-0.1, -0.05) is 34.1 Å². The smallest absolute Gasteiger partial charge is 0.222 e. The van der Waals surface area contributed by atoms with Crippen molar-refractivity contribution in [3.8, 4) is 0 Å². The minimum atomic E-state index is -0.408. The van der Waals surface area contributed by atoms with E-state index in [0.717, 1.165) is 6.42 Å². The second-order valence-corrected chi connectivity index (χ2v) is 5.92. The van der Waals surface area contributed by atoms with Gasteiger partial charge in [-0.3, -0.25) is 9.59 Å². The molecule has 0 aromatic heterocycles. The van der Waals surface area contributed by atoms with Crippen molar-refractivity contribution in [3.63, 3.8) is 0 Å². The molecular weight excluding hydrogens is 256 g/mol. The van der Waals surface area contributed by atoms with Crippen LogP contribution in [0.3, 0.4) is 0 Å². The molecule has 5 heteroatoms. The molecule has 0 aromatic carbocycles. The molecule has 2 N–H and O–H groups in total. The van der Waals surface area contributed by atoms with E-state index >= 15 is 0 Å². The molecule has 0 saturated carbocycles. The number of nitrogens with zero attached hydrogens (tertiary/aromatic N) is 1. The zero-order valence-corrected chi connectivity index (χ0v) is 13.7. The standard InChI is InChI=1S/C15H30N2O3/c1-7-11(4)15(12(20-6)9-13(16)18)17(5)14(19)8-10(2)3/h10-12,15H,7-9H2,1-6H3,(H2,16,18)/t11-,12?,15?/m0/s1. The van der Waals surface area contributed by atoms with Gasteiger partial charge in [0.1, 0.15) is 0 Å². The maximum atomic E-state index is 12.3. The number of carbonyl (C=O) groups is 2. The summed E-state index contributed by atoms with van der Waals surface area (Å²) in [5.41, 5.74) is 5.28. The highest BCUT2D eigenvalue weighted by atomic mass is 16.5. The third-order valence-electron chi connectivity index (χ3n) is 3.74. The summed E-state index contributed by atoms with van der Waals surface area (Å²) in [7, 11) is 3.35. The van der Waals surface area contributed by atoms with Gasteiger partial charge >= 0.3 is 0 Å². The molecule has 2 amide bonds. The number of rotatable bonds is 9. The van der Waals surface area contributed by atoms with Crippen LogP contribution in [0.15, 0.2) is 0 Å². The first-order valence-corrected chi connectivity index (χ1v) is 7.31. The van der Waals surface area contributed by atoms with Crippen molar-refractivity contribution in [3.05, 3.63) is 0 Å². The number of amides is 2. The van der Waals surface area contributed by atoms with Gasteiger partial charge in [0.25, 0.3) is 0 Å². The maximum Gasteiger partial charge on any atom is 0.222 e. The van der Waals surface area contributed by atoms with Gasteiger partial charge in [-0.15, -0.1) is 0 Å². The van der Waals surface area contributed by atoms with E-state index in [1.54, 1.807) is 19.1 Å². The summed E-state index contributed by atoms with van der Waals surface area (Å²) < 4.78 is 5.43. The van der Waals surface area contributed by atoms with Crippen LogP contribution in [-0.4, -0.2) is 43.0 Å². The Morgan fingerprint density at radius 3 is 2.10 bits per heavy atom. The lowest BCUT2D eigenvalue weighted by atomic mass is 9.90. The average Bonchev–Trinajstić information content (AvgIpc) is 2.35. The van der Waals surface area contributed by atoms with E-state index < -0.39 is 5.91 Å². The molecule has 0 heterocycles. The van der Waals surface area contributed by atoms with Crippen LogP contribution in [0, 0.1) is 11.8 Å². The SMILES string of the molecule is CC[C@H](C)C(C(CC(N)=O)OC)N(C)C(=O)CC(C)C. The summed E-state index contributed by atoms with van der Waals surface area (Å²) in [4.78, 5) is 25.2. The van der Waals surface area contributed by atoms with Gasteiger partial charge in [0.05, 0.1) is 18.6 Å². The van der Waals surface area contributed by atoms with Crippen LogP contribution in [0.1, 0.15) is 47.0 Å². The first-order chi connectivity index (χ1) is 9.24. The molecule has 0 rings (SSSR count). The van der Waals surface area contributed by atoms with Gasteiger partial charge in [0.2, 0.25) is 11.8 Å². The summed E-state index contributed by atoms with van der Waals surface area (Å²) in [5.74, 6) is 0.215. The lowest BCUT2D eigenvalue weighted by Crippen LogP contribution is -2.50. The highest BCUT2D eigenvalue weighted by molar-refractivity contribution is 5.77. The summed E-state index contributed by atoms with van der Waals surface area (Å²) in [6.07, 6.45) is 1.17. The van der Waals surface area contributed by atoms with E-state index in [-0.39, 0.29) is 30.4 Å². The molecule has 3 atom stereocenters. The molecule has 0 saturated heterocycles. The quantitative estimate of drug-likeness (QED) is 0.702. The number of carbonyl (C=O) groups excluding carboxylic acids is 2. The highest BCUT2D eigenvalue weighted by Crippen LogP contribution is 2.22. The number of primary amides is 1. The Balaban J connectivity index is 5.11. The molecule has 0 aliphatic carbocycles. The van der Waals surface area contributed by atoms with Crippen molar-refractivity contribution in [2.24, 2.45) is 17.6 Å². The topological polar surface area (TPSA) is 72.6 Å². The van der Waals surface area contributed by atoms with Gasteiger partial charge in [0.15, 0.2) is 0 Å². The maximum absolute atomic E-state index is 12.3. The van der Waals surface area contributed by atoms with E-state index in [9.17, 15) is 9.59 Å². The lowest BCUT2D eigenvalue weighted by Gasteiger charge is -2.37. The Kier molecular flexibility index (Phi) is 8.46. The van der Waals surface area contributed by atoms with Gasteiger partial charge in [0, 0.05) is 20.6 Å². The highest BCUT2D eigenvalue weighted by Gasteiger charge is 2.33. The molecule has 118 valence electrons. The fraction of sp³-hybridized carbons (Fsp3) is 0.867. The summed E-state index contributed by atoms with van der Waals surface area (Å²) in [6, 6.07) is -0.135. The normalized spacial score (nSPS) is 15.8. The van der Waals surface area contributed by atoms with Gasteiger partial charge in [-0.2, -0.15) is 0 Å². The first kappa shape index (κ1) is 18.9. The number of likely N-dealkylation sites (N-methyl/N-ethyl adjacent to an activating group) is 1. The van der Waals surface area contributed by atoms with Crippen LogP contribution in [-0.2, 0) is 14.3 Å². The molecule has 0 fully saturated rings. The molecule has 0 aliphatic heterocycles. The predicted octanol–water partition coefficient (Wildman–Crippen LogP) is 1.80. The third kappa shape index (κ3) is 5.90. The van der Waals surface area contributed by atoms with Crippen LogP contribution in [0.25, 0.3) is 0 Å². The zero-order chi connectivity index (χ0) is 15.9.